The van der Waals surface area contributed by atoms with E-state index in [1.807, 2.05) is 31.6 Å². The van der Waals surface area contributed by atoms with Crippen molar-refractivity contribution in [3.8, 4) is 0 Å². The van der Waals surface area contributed by atoms with Crippen LogP contribution in [-0.2, 0) is 16.9 Å². The fourth-order valence-corrected chi connectivity index (χ4v) is 2.58. The number of hydrogen-bond acceptors (Lipinski definition) is 3. The van der Waals surface area contributed by atoms with Gasteiger partial charge in [-0.25, -0.2) is 0 Å². The summed E-state index contributed by atoms with van der Waals surface area (Å²) in [5.74, 6) is -0.0547. The van der Waals surface area contributed by atoms with Gasteiger partial charge in [0, 0.05) is 25.5 Å². The van der Waals surface area contributed by atoms with Crippen LogP contribution in [0.5, 0.6) is 0 Å². The summed E-state index contributed by atoms with van der Waals surface area (Å²) in [6, 6.07) is 0. The lowest BCUT2D eigenvalue weighted by Gasteiger charge is -2.24. The molecule has 0 spiro atoms. The van der Waals surface area contributed by atoms with E-state index in [0.717, 1.165) is 27.6 Å². The summed E-state index contributed by atoms with van der Waals surface area (Å²) >= 11 is 6.78. The highest BCUT2D eigenvalue weighted by atomic mass is 79.9. The highest BCUT2D eigenvalue weighted by Crippen LogP contribution is 2.17. The predicted octanol–water partition coefficient (Wildman–Crippen LogP) is 2.85. The number of rotatable bonds is 6. The quantitative estimate of drug-likeness (QED) is 0.713. The first kappa shape index (κ1) is 17.2. The van der Waals surface area contributed by atoms with Gasteiger partial charge in [0.05, 0.1) is 20.8 Å². The van der Waals surface area contributed by atoms with Gasteiger partial charge in [0.25, 0.3) is 0 Å². The molecular formula is C14H19Br2N5O. The van der Waals surface area contributed by atoms with E-state index in [4.69, 9.17) is 0 Å². The van der Waals surface area contributed by atoms with Crippen molar-refractivity contribution in [3.63, 3.8) is 0 Å². The molecule has 8 heteroatoms. The molecular weight excluding hydrogens is 414 g/mol. The smallest absolute Gasteiger partial charge is 0.247 e. The fourth-order valence-electron chi connectivity index (χ4n) is 1.98. The van der Waals surface area contributed by atoms with Crippen molar-refractivity contribution in [2.45, 2.75) is 39.3 Å². The topological polar surface area (TPSA) is 64.7 Å². The van der Waals surface area contributed by atoms with Gasteiger partial charge in [0.15, 0.2) is 0 Å². The van der Waals surface area contributed by atoms with Crippen molar-refractivity contribution < 1.29 is 4.79 Å². The molecule has 0 aliphatic carbocycles. The highest BCUT2D eigenvalue weighted by molar-refractivity contribution is 9.10. The normalized spacial score (nSPS) is 11.7. The highest BCUT2D eigenvalue weighted by Gasteiger charge is 2.30. The maximum absolute atomic E-state index is 12.3. The summed E-state index contributed by atoms with van der Waals surface area (Å²) in [4.78, 5) is 12.3. The van der Waals surface area contributed by atoms with Gasteiger partial charge in [-0.15, -0.1) is 0 Å². The Labute approximate surface area is 146 Å². The number of aromatic nitrogens is 4. The van der Waals surface area contributed by atoms with Crippen LogP contribution in [0.4, 0.5) is 0 Å². The zero-order valence-corrected chi connectivity index (χ0v) is 16.0. The minimum atomic E-state index is -0.725. The summed E-state index contributed by atoms with van der Waals surface area (Å²) in [5, 5.41) is 11.5. The monoisotopic (exact) mass is 431 g/mol. The maximum atomic E-state index is 12.3. The minimum Gasteiger partial charge on any atom is -0.354 e. The Kier molecular flexibility index (Phi) is 5.44. The van der Waals surface area contributed by atoms with Gasteiger partial charge in [0.1, 0.15) is 5.54 Å². The zero-order chi connectivity index (χ0) is 16.3. The van der Waals surface area contributed by atoms with Crippen LogP contribution in [0.1, 0.15) is 26.0 Å². The van der Waals surface area contributed by atoms with E-state index in [1.165, 1.54) is 0 Å². The van der Waals surface area contributed by atoms with E-state index in [-0.39, 0.29) is 5.91 Å². The lowest BCUT2D eigenvalue weighted by atomic mass is 10.1. The molecule has 0 saturated carbocycles. The second kappa shape index (κ2) is 6.95. The summed E-state index contributed by atoms with van der Waals surface area (Å²) < 4.78 is 5.39. The van der Waals surface area contributed by atoms with Crippen molar-refractivity contribution >= 4 is 37.8 Å². The molecule has 0 fully saturated rings. The average molecular weight is 433 g/mol. The number of hydrogen-bond donors (Lipinski definition) is 1. The standard InChI is InChI=1S/C14H19Br2N5O/c1-10-12(16)9-20(19-10)6-4-5-17-13(22)14(2,3)21-8-11(15)7-18-21/h7-9H,4-6H2,1-3H3,(H,17,22). The van der Waals surface area contributed by atoms with Gasteiger partial charge in [-0.2, -0.15) is 10.2 Å². The summed E-state index contributed by atoms with van der Waals surface area (Å²) in [6.07, 6.45) is 6.23. The fraction of sp³-hybridized carbons (Fsp3) is 0.500. The molecule has 0 unspecified atom stereocenters. The lowest BCUT2D eigenvalue weighted by molar-refractivity contribution is -0.128. The van der Waals surface area contributed by atoms with E-state index >= 15 is 0 Å². The maximum Gasteiger partial charge on any atom is 0.247 e. The van der Waals surface area contributed by atoms with Crippen LogP contribution in [0.15, 0.2) is 27.5 Å². The van der Waals surface area contributed by atoms with Crippen LogP contribution in [0, 0.1) is 6.92 Å². The zero-order valence-electron chi connectivity index (χ0n) is 12.8. The molecule has 1 amide bonds. The molecule has 2 heterocycles. The molecule has 0 saturated heterocycles. The largest absolute Gasteiger partial charge is 0.354 e. The molecule has 0 bridgehead atoms. The number of aryl methyl sites for hydroxylation is 2. The van der Waals surface area contributed by atoms with E-state index < -0.39 is 5.54 Å². The summed E-state index contributed by atoms with van der Waals surface area (Å²) in [5.41, 5.74) is 0.242. The van der Waals surface area contributed by atoms with Gasteiger partial charge in [0.2, 0.25) is 5.91 Å². The first-order valence-electron chi connectivity index (χ1n) is 6.99. The molecule has 22 heavy (non-hydrogen) atoms. The molecule has 120 valence electrons. The first-order chi connectivity index (χ1) is 10.3. The third-order valence-corrected chi connectivity index (χ3v) is 4.60. The Morgan fingerprint density at radius 2 is 2.09 bits per heavy atom. The Balaban J connectivity index is 1.82. The number of halogens is 2. The lowest BCUT2D eigenvalue weighted by Crippen LogP contribution is -2.45. The molecule has 0 atom stereocenters. The molecule has 2 rings (SSSR count). The van der Waals surface area contributed by atoms with E-state index in [1.54, 1.807) is 17.1 Å². The van der Waals surface area contributed by atoms with Crippen LogP contribution < -0.4 is 5.32 Å². The number of nitrogens with one attached hydrogen (secondary N) is 1. The number of carbonyl (C=O) groups excluding carboxylic acids is 1. The molecule has 0 aromatic carbocycles. The molecule has 6 nitrogen and oxygen atoms in total. The molecule has 2 aromatic heterocycles. The van der Waals surface area contributed by atoms with E-state index in [9.17, 15) is 4.79 Å². The summed E-state index contributed by atoms with van der Waals surface area (Å²) in [6.45, 7) is 7.00. The van der Waals surface area contributed by atoms with Crippen LogP contribution in [0.25, 0.3) is 0 Å². The van der Waals surface area contributed by atoms with Crippen molar-refractivity contribution in [2.24, 2.45) is 0 Å². The average Bonchev–Trinajstić information content (AvgIpc) is 3.02. The molecule has 0 radical (unpaired) electrons. The molecule has 1 N–H and O–H groups in total. The predicted molar refractivity (Wildman–Crippen MR) is 91.5 cm³/mol. The third kappa shape index (κ3) is 3.98. The van der Waals surface area contributed by atoms with Crippen molar-refractivity contribution in [1.82, 2.24) is 24.9 Å². The van der Waals surface area contributed by atoms with Crippen molar-refractivity contribution in [3.05, 3.63) is 33.2 Å². The van der Waals surface area contributed by atoms with Gasteiger partial charge in [-0.3, -0.25) is 14.2 Å². The number of carbonyl (C=O) groups is 1. The van der Waals surface area contributed by atoms with Gasteiger partial charge in [-0.05, 0) is 59.1 Å². The Morgan fingerprint density at radius 3 is 2.64 bits per heavy atom. The number of nitrogens with zero attached hydrogens (tertiary/aromatic N) is 4. The van der Waals surface area contributed by atoms with Crippen molar-refractivity contribution in [1.29, 1.82) is 0 Å². The Hall–Kier alpha value is -1.15. The first-order valence-corrected chi connectivity index (χ1v) is 8.58. The van der Waals surface area contributed by atoms with Crippen LogP contribution in [-0.4, -0.2) is 32.0 Å². The molecule has 0 aliphatic rings. The third-order valence-electron chi connectivity index (χ3n) is 3.42. The summed E-state index contributed by atoms with van der Waals surface area (Å²) in [7, 11) is 0. The van der Waals surface area contributed by atoms with E-state index in [0.29, 0.717) is 6.54 Å². The van der Waals surface area contributed by atoms with Crippen LogP contribution in [0.3, 0.4) is 0 Å². The van der Waals surface area contributed by atoms with Crippen LogP contribution >= 0.6 is 31.9 Å². The SMILES string of the molecule is Cc1nn(CCCNC(=O)C(C)(C)n2cc(Br)cn2)cc1Br. The Bertz CT molecular complexity index is 642. The second-order valence-corrected chi connectivity index (χ2v) is 7.37. The van der Waals surface area contributed by atoms with Crippen LogP contribution in [0.2, 0.25) is 0 Å². The molecule has 2 aromatic rings. The second-order valence-electron chi connectivity index (χ2n) is 5.60. The molecule has 0 aliphatic heterocycles. The minimum absolute atomic E-state index is 0.0547. The number of amides is 1. The van der Waals surface area contributed by atoms with Gasteiger partial charge >= 0.3 is 0 Å². The van der Waals surface area contributed by atoms with Gasteiger partial charge in [-0.1, -0.05) is 0 Å². The van der Waals surface area contributed by atoms with Gasteiger partial charge < -0.3 is 5.32 Å². The van der Waals surface area contributed by atoms with Crippen molar-refractivity contribution in [2.75, 3.05) is 6.54 Å². The Morgan fingerprint density at radius 1 is 1.36 bits per heavy atom. The van der Waals surface area contributed by atoms with E-state index in [2.05, 4.69) is 47.4 Å².